The van der Waals surface area contributed by atoms with Gasteiger partial charge in [0.15, 0.2) is 11.5 Å². The number of phenols is 2. The third kappa shape index (κ3) is 9.75. The number of rotatable bonds is 10. The lowest BCUT2D eigenvalue weighted by molar-refractivity contribution is -0.141. The minimum absolute atomic E-state index is 0.0869. The molecule has 3 saturated carbocycles. The molecule has 9 atom stereocenters. The van der Waals surface area contributed by atoms with Gasteiger partial charge in [0.25, 0.3) is 0 Å². The van der Waals surface area contributed by atoms with Gasteiger partial charge in [-0.2, -0.15) is 0 Å². The zero-order chi connectivity index (χ0) is 51.4. The zero-order valence-electron chi connectivity index (χ0n) is 43.8. The Kier molecular flexibility index (Phi) is 14.4. The van der Waals surface area contributed by atoms with E-state index in [0.29, 0.717) is 48.8 Å². The summed E-state index contributed by atoms with van der Waals surface area (Å²) in [6, 6.07) is 8.28. The van der Waals surface area contributed by atoms with Crippen LogP contribution >= 0.6 is 21.6 Å². The van der Waals surface area contributed by atoms with E-state index in [4.69, 9.17) is 29.4 Å². The van der Waals surface area contributed by atoms with E-state index in [1.54, 1.807) is 13.2 Å². The molecule has 0 aromatic heterocycles. The van der Waals surface area contributed by atoms with Crippen molar-refractivity contribution in [3.8, 4) is 51.7 Å². The molecule has 4 fully saturated rings. The number of methoxy groups -OCH3 is 2. The molecule has 7 N–H and O–H groups in total. The molecule has 12 nitrogen and oxygen atoms in total. The summed E-state index contributed by atoms with van der Waals surface area (Å²) in [6.45, 7) is 3.41. The fraction of sp³-hybridized carbons (Fsp3) is 0.557. The van der Waals surface area contributed by atoms with E-state index in [1.165, 1.54) is 32.6 Å². The summed E-state index contributed by atoms with van der Waals surface area (Å²) in [7, 11) is 7.29. The van der Waals surface area contributed by atoms with Crippen molar-refractivity contribution in [1.82, 2.24) is 16.0 Å². The molecular weight excluding hydrogens is 981 g/mol. The van der Waals surface area contributed by atoms with Gasteiger partial charge in [0.05, 0.1) is 37.5 Å². The van der Waals surface area contributed by atoms with Crippen LogP contribution in [0.4, 0.5) is 0 Å². The summed E-state index contributed by atoms with van der Waals surface area (Å²) >= 11 is 0. The van der Waals surface area contributed by atoms with E-state index in [1.807, 2.05) is 40.8 Å². The average Bonchev–Trinajstić information content (AvgIpc) is 4.12. The Labute approximate surface area is 450 Å². The monoisotopic (exact) mass is 1050 g/mol. The number of esters is 1. The first-order chi connectivity index (χ1) is 36.5. The average molecular weight is 1060 g/mol. The maximum absolute atomic E-state index is 13.1. The van der Waals surface area contributed by atoms with Crippen molar-refractivity contribution in [3.05, 3.63) is 92.7 Å². The van der Waals surface area contributed by atoms with Gasteiger partial charge in [0.1, 0.15) is 36.1 Å². The van der Waals surface area contributed by atoms with Crippen molar-refractivity contribution in [2.75, 3.05) is 45.5 Å². The van der Waals surface area contributed by atoms with Gasteiger partial charge in [0.2, 0.25) is 0 Å². The molecule has 5 heterocycles. The SMILES string of the molecule is COCC1(CCNCc2c(O)c3c(c4c2CC#CC2=C(C=CC(N)N2)C[C@H]2CC[C@]5(Cc6cc(O)cc(OC)c6-c6ccc7c(c65)O[C@H]4[C@H]7COC(C)=O)C2)C=C[C@@H]2N[C@H]4CCC[C@@H](CSSC[C@H]2O3)C4)CCCC1. The van der Waals surface area contributed by atoms with E-state index in [2.05, 4.69) is 58.2 Å². The zero-order valence-corrected chi connectivity index (χ0v) is 45.5. The molecule has 6 bridgehead atoms. The Morgan fingerprint density at radius 2 is 1.87 bits per heavy atom. The number of nitrogens with two attached hydrogens (primary N) is 1. The van der Waals surface area contributed by atoms with Crippen LogP contribution in [0.1, 0.15) is 141 Å². The van der Waals surface area contributed by atoms with Crippen molar-refractivity contribution >= 4 is 33.6 Å². The molecule has 12 rings (SSSR count). The lowest BCUT2D eigenvalue weighted by atomic mass is 9.65. The topological polar surface area (TPSA) is 166 Å². The summed E-state index contributed by atoms with van der Waals surface area (Å²) in [5.41, 5.74) is 16.8. The number of ether oxygens (including phenoxy) is 5. The number of fused-ring (bicyclic) bond motifs is 11. The third-order valence-electron chi connectivity index (χ3n) is 18.4. The van der Waals surface area contributed by atoms with E-state index in [-0.39, 0.29) is 53.2 Å². The third-order valence-corrected chi connectivity index (χ3v) is 21.0. The number of benzene rings is 3. The summed E-state index contributed by atoms with van der Waals surface area (Å²) in [5, 5.41) is 35.7. The second-order valence-corrected chi connectivity index (χ2v) is 25.8. The van der Waals surface area contributed by atoms with E-state index in [0.717, 1.165) is 150 Å². The Hall–Kier alpha value is -4.75. The minimum atomic E-state index is -0.664. The van der Waals surface area contributed by atoms with Crippen LogP contribution in [0.3, 0.4) is 0 Å². The molecule has 0 radical (unpaired) electrons. The predicted octanol–water partition coefficient (Wildman–Crippen LogP) is 10.2. The van der Waals surface area contributed by atoms with E-state index in [9.17, 15) is 15.0 Å². The van der Waals surface area contributed by atoms with E-state index < -0.39 is 12.0 Å². The first kappa shape index (κ1) is 51.0. The van der Waals surface area contributed by atoms with Crippen LogP contribution < -0.4 is 35.9 Å². The maximum atomic E-state index is 13.1. The van der Waals surface area contributed by atoms with Gasteiger partial charge >= 0.3 is 5.97 Å². The van der Waals surface area contributed by atoms with Crippen molar-refractivity contribution in [3.63, 3.8) is 0 Å². The quantitative estimate of drug-likeness (QED) is 0.0492. The Morgan fingerprint density at radius 1 is 1.00 bits per heavy atom. The second-order valence-electron chi connectivity index (χ2n) is 23.2. The smallest absolute Gasteiger partial charge is 0.302 e. The number of phenolic OH excluding ortho intramolecular Hbond substituents is 2. The standard InChI is InChI=1S/C61H74N4O8S2/c1-35(66)71-31-47-43-13-14-44-53-39(26-41(67)27-50(53)70-3)29-61-21-18-36(28-61)24-38-12-17-52(62)65-48(38)11-7-10-42-46(30-63-23-22-60(34-69-2)19-4-5-20-60)56(68)59-45(54(42)57(47)73-58(43)55(44)61)15-16-49-51(72-59)33-75-74-32-37-8-6-9-40(25-37)64-49/h12-17,26-27,36-37,40,47,49,51-52,57,63-65,67-68H,4-6,8-10,18-25,28-34,62H2,1-3H3/t36-,37-,40+,47+,49+,51-,52?,57+,61-/m1/s1. The molecule has 75 heavy (non-hydrogen) atoms. The van der Waals surface area contributed by atoms with Gasteiger partial charge in [0, 0.05) is 89.4 Å². The van der Waals surface area contributed by atoms with Crippen molar-refractivity contribution in [1.29, 1.82) is 0 Å². The van der Waals surface area contributed by atoms with Gasteiger partial charge in [-0.05, 0) is 135 Å². The molecule has 4 aliphatic carbocycles. The summed E-state index contributed by atoms with van der Waals surface area (Å²) < 4.78 is 33.2. The summed E-state index contributed by atoms with van der Waals surface area (Å²) in [6.07, 6.45) is 22.4. The molecule has 14 heteroatoms. The lowest BCUT2D eigenvalue weighted by Crippen LogP contribution is -2.49. The predicted molar refractivity (Wildman–Crippen MR) is 297 cm³/mol. The number of aromatic hydroxyl groups is 2. The number of carbonyl (C=O) groups excluding carboxylic acids is 1. The maximum Gasteiger partial charge on any atom is 0.302 e. The fourth-order valence-corrected chi connectivity index (χ4v) is 17.7. The molecule has 1 saturated heterocycles. The first-order valence-corrected chi connectivity index (χ1v) is 30.3. The van der Waals surface area contributed by atoms with Crippen molar-refractivity contribution in [2.45, 2.75) is 152 Å². The van der Waals surface area contributed by atoms with Crippen molar-refractivity contribution in [2.24, 2.45) is 23.0 Å². The minimum Gasteiger partial charge on any atom is -0.508 e. The Balaban J connectivity index is 1.07. The van der Waals surface area contributed by atoms with Crippen molar-refractivity contribution < 1.29 is 38.7 Å². The number of dihydropyridines is 1. The first-order valence-electron chi connectivity index (χ1n) is 27.8. The second kappa shape index (κ2) is 21.2. The molecule has 0 amide bonds. The van der Waals surface area contributed by atoms with Gasteiger partial charge in [-0.15, -0.1) is 0 Å². The highest BCUT2D eigenvalue weighted by Gasteiger charge is 2.52. The van der Waals surface area contributed by atoms with Crippen LogP contribution in [0.25, 0.3) is 17.2 Å². The molecular formula is C61H74N4O8S2. The molecule has 1 spiro atoms. The van der Waals surface area contributed by atoms with Crippen LogP contribution in [0.5, 0.6) is 28.7 Å². The van der Waals surface area contributed by atoms with E-state index >= 15 is 0 Å². The highest BCUT2D eigenvalue weighted by atomic mass is 33.1. The lowest BCUT2D eigenvalue weighted by Gasteiger charge is -2.39. The van der Waals surface area contributed by atoms with Crippen LogP contribution in [-0.4, -0.2) is 86.0 Å². The molecule has 5 aliphatic heterocycles. The number of nitrogens with one attached hydrogen (secondary N) is 3. The largest absolute Gasteiger partial charge is 0.508 e. The Morgan fingerprint density at radius 3 is 2.71 bits per heavy atom. The van der Waals surface area contributed by atoms with Gasteiger partial charge in [-0.25, -0.2) is 0 Å². The molecule has 3 aromatic carbocycles. The van der Waals surface area contributed by atoms with Crippen LogP contribution in [0.2, 0.25) is 0 Å². The Bertz CT molecular complexity index is 2880. The molecule has 9 aliphatic rings. The highest BCUT2D eigenvalue weighted by molar-refractivity contribution is 8.76. The van der Waals surface area contributed by atoms with Gasteiger partial charge in [-0.1, -0.05) is 77.1 Å². The fourth-order valence-electron chi connectivity index (χ4n) is 15.0. The molecule has 1 unspecified atom stereocenters. The van der Waals surface area contributed by atoms with Crippen LogP contribution in [0.15, 0.2) is 53.8 Å². The van der Waals surface area contributed by atoms with Gasteiger partial charge in [-0.3, -0.25) is 4.79 Å². The normalized spacial score (nSPS) is 29.7. The number of carbonyl (C=O) groups is 1. The number of hydrogen-bond donors (Lipinski definition) is 6. The summed E-state index contributed by atoms with van der Waals surface area (Å²) in [5.74, 6) is 11.5. The molecule has 398 valence electrons. The van der Waals surface area contributed by atoms with Crippen LogP contribution in [-0.2, 0) is 39.1 Å². The highest BCUT2D eigenvalue weighted by Crippen LogP contribution is 2.63. The van der Waals surface area contributed by atoms with Crippen LogP contribution in [0, 0.1) is 29.1 Å². The summed E-state index contributed by atoms with van der Waals surface area (Å²) in [4.78, 5) is 13.0. The van der Waals surface area contributed by atoms with Gasteiger partial charge < -0.3 is 55.6 Å². The number of allylic oxidation sites excluding steroid dienone is 3. The molecule has 3 aromatic rings. The number of hydrogen-bond acceptors (Lipinski definition) is 14.